The van der Waals surface area contributed by atoms with Gasteiger partial charge in [-0.1, -0.05) is 36.4 Å². The lowest BCUT2D eigenvalue weighted by Gasteiger charge is -2.24. The molecular weight excluding hydrogens is 524 g/mol. The number of amides is 2. The van der Waals surface area contributed by atoms with Gasteiger partial charge in [-0.2, -0.15) is 0 Å². The Hall–Kier alpha value is -3.49. The van der Waals surface area contributed by atoms with Crippen molar-refractivity contribution in [3.63, 3.8) is 0 Å². The minimum Gasteiger partial charge on any atom is -0.492 e. The molecule has 0 saturated heterocycles. The van der Waals surface area contributed by atoms with E-state index >= 15 is 0 Å². The average molecular weight is 565 g/mol. The van der Waals surface area contributed by atoms with Crippen LogP contribution in [0.4, 0.5) is 10.5 Å². The maximum atomic E-state index is 13.3. The SMILES string of the molecule is CCOC(Cc1ccc(OCCN(CCCSc2ccccc2)C(=O)Nc2cc(C)c(C)cc2C)cc1)C(=O)O. The summed E-state index contributed by atoms with van der Waals surface area (Å²) in [5.41, 5.74) is 5.03. The molecule has 3 rings (SSSR count). The highest BCUT2D eigenvalue weighted by molar-refractivity contribution is 7.99. The first-order valence-electron chi connectivity index (χ1n) is 13.6. The number of thioether (sulfide) groups is 1. The molecule has 3 aromatic carbocycles. The first kappa shape index (κ1) is 31.0. The van der Waals surface area contributed by atoms with Gasteiger partial charge in [-0.05, 0) is 92.5 Å². The van der Waals surface area contributed by atoms with Crippen LogP contribution in [0, 0.1) is 20.8 Å². The van der Waals surface area contributed by atoms with E-state index in [4.69, 9.17) is 9.47 Å². The monoisotopic (exact) mass is 564 g/mol. The number of nitrogens with zero attached hydrogens (tertiary/aromatic N) is 1. The number of rotatable bonds is 15. The van der Waals surface area contributed by atoms with Gasteiger partial charge in [0, 0.05) is 30.2 Å². The molecule has 0 bridgehead atoms. The highest BCUT2D eigenvalue weighted by Crippen LogP contribution is 2.22. The number of aryl methyl sites for hydroxylation is 3. The van der Waals surface area contributed by atoms with E-state index in [1.807, 2.05) is 62.4 Å². The van der Waals surface area contributed by atoms with Crippen molar-refractivity contribution in [1.82, 2.24) is 4.90 Å². The van der Waals surface area contributed by atoms with E-state index in [1.54, 1.807) is 23.6 Å². The molecule has 0 aromatic heterocycles. The Morgan fingerprint density at radius 3 is 2.33 bits per heavy atom. The number of nitrogens with one attached hydrogen (secondary N) is 1. The molecule has 0 saturated carbocycles. The third-order valence-corrected chi connectivity index (χ3v) is 7.67. The third-order valence-electron chi connectivity index (χ3n) is 6.57. The summed E-state index contributed by atoms with van der Waals surface area (Å²) in [6.45, 7) is 9.60. The van der Waals surface area contributed by atoms with E-state index in [2.05, 4.69) is 30.4 Å². The lowest BCUT2D eigenvalue weighted by molar-refractivity contribution is -0.149. The number of carboxylic acid groups (broad SMARTS) is 1. The second-order valence-electron chi connectivity index (χ2n) is 9.66. The molecular formula is C32H40N2O5S. The van der Waals surface area contributed by atoms with Crippen LogP contribution < -0.4 is 10.1 Å². The Kier molecular flexibility index (Phi) is 12.4. The standard InChI is InChI=1S/C32H40N2O5S/c1-5-38-30(31(35)36)22-26-12-14-27(15-13-26)39-18-17-34(16-9-19-40-28-10-7-6-8-11-28)32(37)33-29-21-24(3)23(2)20-25(29)4/h6-8,10-15,20-21,30H,5,9,16-19,22H2,1-4H3,(H,33,37)(H,35,36). The summed E-state index contributed by atoms with van der Waals surface area (Å²) < 4.78 is 11.3. The topological polar surface area (TPSA) is 88.1 Å². The molecule has 40 heavy (non-hydrogen) atoms. The van der Waals surface area contributed by atoms with Gasteiger partial charge in [0.1, 0.15) is 12.4 Å². The van der Waals surface area contributed by atoms with Crippen LogP contribution in [0.2, 0.25) is 0 Å². The number of ether oxygens (including phenoxy) is 2. The van der Waals surface area contributed by atoms with E-state index < -0.39 is 12.1 Å². The number of carbonyl (C=O) groups is 2. The van der Waals surface area contributed by atoms with Gasteiger partial charge in [0.2, 0.25) is 0 Å². The molecule has 1 unspecified atom stereocenters. The third kappa shape index (κ3) is 9.92. The summed E-state index contributed by atoms with van der Waals surface area (Å²) in [6, 6.07) is 21.5. The fraction of sp³-hybridized carbons (Fsp3) is 0.375. The van der Waals surface area contributed by atoms with Crippen LogP contribution in [0.5, 0.6) is 5.75 Å². The van der Waals surface area contributed by atoms with Crippen LogP contribution in [-0.2, 0) is 16.0 Å². The zero-order valence-corrected chi connectivity index (χ0v) is 24.6. The second-order valence-corrected chi connectivity index (χ2v) is 10.8. The number of hydrogen-bond acceptors (Lipinski definition) is 5. The van der Waals surface area contributed by atoms with Crippen molar-refractivity contribution in [3.8, 4) is 5.75 Å². The molecule has 0 fully saturated rings. The largest absolute Gasteiger partial charge is 0.492 e. The van der Waals surface area contributed by atoms with Crippen molar-refractivity contribution >= 4 is 29.4 Å². The molecule has 0 heterocycles. The number of benzene rings is 3. The van der Waals surface area contributed by atoms with Crippen LogP contribution in [0.1, 0.15) is 35.6 Å². The van der Waals surface area contributed by atoms with Crippen LogP contribution in [0.3, 0.4) is 0 Å². The van der Waals surface area contributed by atoms with Crippen molar-refractivity contribution in [2.75, 3.05) is 37.4 Å². The highest BCUT2D eigenvalue weighted by atomic mass is 32.2. The number of anilines is 1. The van der Waals surface area contributed by atoms with E-state index in [-0.39, 0.29) is 12.5 Å². The summed E-state index contributed by atoms with van der Waals surface area (Å²) >= 11 is 1.78. The predicted molar refractivity (Wildman–Crippen MR) is 162 cm³/mol. The first-order chi connectivity index (χ1) is 19.3. The summed E-state index contributed by atoms with van der Waals surface area (Å²) in [5.74, 6) is 0.591. The lowest BCUT2D eigenvalue weighted by Crippen LogP contribution is -2.39. The fourth-order valence-electron chi connectivity index (χ4n) is 4.19. The number of carbonyl (C=O) groups excluding carboxylic acids is 1. The molecule has 7 nitrogen and oxygen atoms in total. The van der Waals surface area contributed by atoms with Gasteiger partial charge in [-0.15, -0.1) is 11.8 Å². The molecule has 0 radical (unpaired) electrons. The van der Waals surface area contributed by atoms with Gasteiger partial charge in [0.25, 0.3) is 0 Å². The molecule has 1 atom stereocenters. The quantitative estimate of drug-likeness (QED) is 0.157. The summed E-state index contributed by atoms with van der Waals surface area (Å²) in [6.07, 6.45) is 0.263. The Morgan fingerprint density at radius 1 is 0.950 bits per heavy atom. The highest BCUT2D eigenvalue weighted by Gasteiger charge is 2.18. The van der Waals surface area contributed by atoms with E-state index in [9.17, 15) is 14.7 Å². The molecule has 3 aromatic rings. The van der Waals surface area contributed by atoms with Gasteiger partial charge in [-0.3, -0.25) is 0 Å². The molecule has 0 aliphatic heterocycles. The molecule has 2 N–H and O–H groups in total. The molecule has 8 heteroatoms. The predicted octanol–water partition coefficient (Wildman–Crippen LogP) is 6.74. The molecule has 2 amide bonds. The summed E-state index contributed by atoms with van der Waals surface area (Å²) in [5, 5.41) is 12.4. The maximum absolute atomic E-state index is 13.3. The fourth-order valence-corrected chi connectivity index (χ4v) is 5.05. The van der Waals surface area contributed by atoms with Gasteiger partial charge in [0.05, 0.1) is 6.54 Å². The Balaban J connectivity index is 1.58. The van der Waals surface area contributed by atoms with Crippen molar-refractivity contribution < 1.29 is 24.2 Å². The minimum absolute atomic E-state index is 0.148. The van der Waals surface area contributed by atoms with Gasteiger partial charge < -0.3 is 24.8 Å². The van der Waals surface area contributed by atoms with E-state index in [0.29, 0.717) is 32.1 Å². The molecule has 0 spiro atoms. The van der Waals surface area contributed by atoms with Gasteiger partial charge in [0.15, 0.2) is 6.10 Å². The number of hydrogen-bond donors (Lipinski definition) is 2. The summed E-state index contributed by atoms with van der Waals surface area (Å²) in [4.78, 5) is 27.7. The van der Waals surface area contributed by atoms with Crippen molar-refractivity contribution in [2.45, 2.75) is 51.5 Å². The van der Waals surface area contributed by atoms with E-state index in [1.165, 1.54) is 10.5 Å². The normalized spacial score (nSPS) is 11.6. The molecule has 0 aliphatic carbocycles. The summed E-state index contributed by atoms with van der Waals surface area (Å²) in [7, 11) is 0. The zero-order valence-electron chi connectivity index (χ0n) is 23.8. The van der Waals surface area contributed by atoms with Crippen molar-refractivity contribution in [3.05, 3.63) is 89.0 Å². The zero-order chi connectivity index (χ0) is 28.9. The Bertz CT molecular complexity index is 1230. The number of aliphatic carboxylic acids is 1. The van der Waals surface area contributed by atoms with Crippen molar-refractivity contribution in [1.29, 1.82) is 0 Å². The molecule has 0 aliphatic rings. The van der Waals surface area contributed by atoms with Gasteiger partial charge in [-0.25, -0.2) is 9.59 Å². The minimum atomic E-state index is -0.973. The number of urea groups is 1. The van der Waals surface area contributed by atoms with Crippen LogP contribution in [-0.4, -0.2) is 60.2 Å². The van der Waals surface area contributed by atoms with Crippen LogP contribution in [0.25, 0.3) is 0 Å². The Labute approximate surface area is 241 Å². The maximum Gasteiger partial charge on any atom is 0.333 e. The number of carboxylic acids is 1. The average Bonchev–Trinajstić information content (AvgIpc) is 2.94. The lowest BCUT2D eigenvalue weighted by atomic mass is 10.1. The Morgan fingerprint density at radius 2 is 1.65 bits per heavy atom. The van der Waals surface area contributed by atoms with E-state index in [0.717, 1.165) is 34.6 Å². The van der Waals surface area contributed by atoms with Gasteiger partial charge >= 0.3 is 12.0 Å². The second kappa shape index (κ2) is 15.9. The van der Waals surface area contributed by atoms with Crippen LogP contribution in [0.15, 0.2) is 71.6 Å². The molecule has 214 valence electrons. The van der Waals surface area contributed by atoms with Crippen molar-refractivity contribution in [2.24, 2.45) is 0 Å². The van der Waals surface area contributed by atoms with Crippen LogP contribution >= 0.6 is 11.8 Å². The first-order valence-corrected chi connectivity index (χ1v) is 14.6. The smallest absolute Gasteiger partial charge is 0.333 e.